The summed E-state index contributed by atoms with van der Waals surface area (Å²) in [6, 6.07) is 8.37. The SMILES string of the molecule is CC1(C)C2CCC(N3CC4=C(C3=O)c3ccccc3OC4)C1C2. The number of para-hydroxylation sites is 1. The molecule has 2 bridgehead atoms. The number of hydrogen-bond acceptors (Lipinski definition) is 2. The van der Waals surface area contributed by atoms with Gasteiger partial charge < -0.3 is 9.64 Å². The van der Waals surface area contributed by atoms with Crippen molar-refractivity contribution in [3.63, 3.8) is 0 Å². The maximum atomic E-state index is 13.2. The summed E-state index contributed by atoms with van der Waals surface area (Å²) in [5.74, 6) is 2.63. The van der Waals surface area contributed by atoms with Crippen molar-refractivity contribution in [3.8, 4) is 5.75 Å². The van der Waals surface area contributed by atoms with E-state index in [0.717, 1.165) is 29.3 Å². The summed E-state index contributed by atoms with van der Waals surface area (Å²) < 4.78 is 5.86. The molecule has 0 saturated heterocycles. The Morgan fingerprint density at radius 1 is 1.22 bits per heavy atom. The molecule has 2 aliphatic heterocycles. The monoisotopic (exact) mass is 309 g/mol. The fraction of sp³-hybridized carbons (Fsp3) is 0.550. The molecule has 3 fully saturated rings. The average Bonchev–Trinajstić information content (AvgIpc) is 2.92. The van der Waals surface area contributed by atoms with Gasteiger partial charge in [-0.2, -0.15) is 0 Å². The third-order valence-electron chi connectivity index (χ3n) is 6.97. The van der Waals surface area contributed by atoms with Crippen LogP contribution in [0.3, 0.4) is 0 Å². The first-order valence-corrected chi connectivity index (χ1v) is 8.82. The molecule has 0 N–H and O–H groups in total. The van der Waals surface area contributed by atoms with E-state index in [2.05, 4.69) is 18.7 Å². The fourth-order valence-electron chi connectivity index (χ4n) is 5.45. The molecule has 1 amide bonds. The summed E-state index contributed by atoms with van der Waals surface area (Å²) in [5, 5.41) is 0. The molecule has 3 aliphatic carbocycles. The number of fused-ring (bicyclic) bond motifs is 4. The molecule has 0 radical (unpaired) electrons. The van der Waals surface area contributed by atoms with Crippen molar-refractivity contribution in [2.45, 2.75) is 39.2 Å². The van der Waals surface area contributed by atoms with Crippen LogP contribution in [0.25, 0.3) is 5.57 Å². The van der Waals surface area contributed by atoms with Gasteiger partial charge in [-0.15, -0.1) is 0 Å². The third-order valence-corrected chi connectivity index (χ3v) is 6.97. The van der Waals surface area contributed by atoms with Crippen molar-refractivity contribution < 1.29 is 9.53 Å². The number of nitrogens with zero attached hydrogens (tertiary/aromatic N) is 1. The van der Waals surface area contributed by atoms with Crippen LogP contribution in [0.15, 0.2) is 29.8 Å². The molecule has 120 valence electrons. The van der Waals surface area contributed by atoms with Gasteiger partial charge in [-0.3, -0.25) is 4.79 Å². The minimum Gasteiger partial charge on any atom is -0.488 e. The summed E-state index contributed by atoms with van der Waals surface area (Å²) in [7, 11) is 0. The van der Waals surface area contributed by atoms with Crippen LogP contribution in [0.4, 0.5) is 0 Å². The molecule has 0 aromatic heterocycles. The van der Waals surface area contributed by atoms with Crippen molar-refractivity contribution in [3.05, 3.63) is 35.4 Å². The van der Waals surface area contributed by atoms with Gasteiger partial charge in [-0.25, -0.2) is 0 Å². The Bertz CT molecular complexity index is 731. The largest absolute Gasteiger partial charge is 0.488 e. The number of amides is 1. The normalized spacial score (nSPS) is 33.7. The predicted molar refractivity (Wildman–Crippen MR) is 89.0 cm³/mol. The zero-order valence-corrected chi connectivity index (χ0v) is 13.8. The summed E-state index contributed by atoms with van der Waals surface area (Å²) in [4.78, 5) is 15.4. The Kier molecular flexibility index (Phi) is 2.61. The topological polar surface area (TPSA) is 29.5 Å². The van der Waals surface area contributed by atoms with Crippen LogP contribution in [0, 0.1) is 17.3 Å². The second kappa shape index (κ2) is 4.40. The van der Waals surface area contributed by atoms with E-state index in [4.69, 9.17) is 4.74 Å². The van der Waals surface area contributed by atoms with E-state index >= 15 is 0 Å². The van der Waals surface area contributed by atoms with Crippen LogP contribution >= 0.6 is 0 Å². The molecule has 3 heteroatoms. The molecule has 5 aliphatic rings. The lowest BCUT2D eigenvalue weighted by atomic mass is 9.47. The maximum Gasteiger partial charge on any atom is 0.255 e. The first kappa shape index (κ1) is 13.6. The van der Waals surface area contributed by atoms with Crippen LogP contribution in [0.2, 0.25) is 0 Å². The summed E-state index contributed by atoms with van der Waals surface area (Å²) in [6.45, 7) is 6.12. The summed E-state index contributed by atoms with van der Waals surface area (Å²) in [5.41, 5.74) is 3.49. The highest BCUT2D eigenvalue weighted by atomic mass is 16.5. The van der Waals surface area contributed by atoms with Gasteiger partial charge >= 0.3 is 0 Å². The highest BCUT2D eigenvalue weighted by Crippen LogP contribution is 2.60. The van der Waals surface area contributed by atoms with Gasteiger partial charge in [-0.1, -0.05) is 32.0 Å². The average molecular weight is 309 g/mol. The summed E-state index contributed by atoms with van der Waals surface area (Å²) in [6.07, 6.45) is 3.75. The van der Waals surface area contributed by atoms with Crippen LogP contribution in [-0.2, 0) is 4.79 Å². The van der Waals surface area contributed by atoms with Gasteiger partial charge in [0.1, 0.15) is 12.4 Å². The molecule has 1 aromatic carbocycles. The van der Waals surface area contributed by atoms with Gasteiger partial charge in [-0.05, 0) is 48.2 Å². The van der Waals surface area contributed by atoms with Crippen molar-refractivity contribution in [2.24, 2.45) is 17.3 Å². The Morgan fingerprint density at radius 2 is 2.04 bits per heavy atom. The van der Waals surface area contributed by atoms with E-state index in [0.29, 0.717) is 24.0 Å². The Labute approximate surface area is 137 Å². The van der Waals surface area contributed by atoms with Crippen LogP contribution < -0.4 is 4.74 Å². The molecule has 3 atom stereocenters. The molecule has 23 heavy (non-hydrogen) atoms. The molecule has 0 spiro atoms. The number of ether oxygens (including phenoxy) is 1. The van der Waals surface area contributed by atoms with Gasteiger partial charge in [0.05, 0.1) is 5.57 Å². The number of carbonyl (C=O) groups excluding carboxylic acids is 1. The predicted octanol–water partition coefficient (Wildman–Crippen LogP) is 3.50. The van der Waals surface area contributed by atoms with Crippen LogP contribution in [-0.4, -0.2) is 30.0 Å². The lowest BCUT2D eigenvalue weighted by molar-refractivity contribution is -0.144. The minimum atomic E-state index is 0.238. The van der Waals surface area contributed by atoms with Gasteiger partial charge in [0, 0.05) is 18.2 Å². The Balaban J connectivity index is 1.48. The first-order chi connectivity index (χ1) is 11.1. The zero-order valence-electron chi connectivity index (χ0n) is 13.8. The van der Waals surface area contributed by atoms with Gasteiger partial charge in [0.15, 0.2) is 0 Å². The van der Waals surface area contributed by atoms with Gasteiger partial charge in [0.25, 0.3) is 5.91 Å². The smallest absolute Gasteiger partial charge is 0.255 e. The quantitative estimate of drug-likeness (QED) is 0.794. The van der Waals surface area contributed by atoms with E-state index in [9.17, 15) is 4.79 Å². The molecular weight excluding hydrogens is 286 g/mol. The number of hydrogen-bond donors (Lipinski definition) is 0. The van der Waals surface area contributed by atoms with E-state index in [-0.39, 0.29) is 5.91 Å². The van der Waals surface area contributed by atoms with E-state index in [1.54, 1.807) is 0 Å². The van der Waals surface area contributed by atoms with Crippen molar-refractivity contribution >= 4 is 11.5 Å². The van der Waals surface area contributed by atoms with Crippen LogP contribution in [0.5, 0.6) is 5.75 Å². The molecule has 3 unspecified atom stereocenters. The first-order valence-electron chi connectivity index (χ1n) is 8.82. The highest BCUT2D eigenvalue weighted by molar-refractivity contribution is 6.23. The Morgan fingerprint density at radius 3 is 2.83 bits per heavy atom. The molecule has 6 rings (SSSR count). The fourth-order valence-corrected chi connectivity index (χ4v) is 5.45. The Hall–Kier alpha value is -1.77. The highest BCUT2D eigenvalue weighted by Gasteiger charge is 2.57. The standard InChI is InChI=1S/C20H23NO2/c1-20(2)13-7-8-16(15(20)9-13)21-10-12-11-23-17-6-4-3-5-14(17)18(12)19(21)22/h3-6,13,15-16H,7-11H2,1-2H3. The second-order valence-corrected chi connectivity index (χ2v) is 8.20. The minimum absolute atomic E-state index is 0.238. The zero-order chi connectivity index (χ0) is 15.8. The lowest BCUT2D eigenvalue weighted by Gasteiger charge is -2.61. The second-order valence-electron chi connectivity index (χ2n) is 8.20. The van der Waals surface area contributed by atoms with Gasteiger partial charge in [0.2, 0.25) is 0 Å². The number of benzene rings is 1. The lowest BCUT2D eigenvalue weighted by Crippen LogP contribution is -2.60. The van der Waals surface area contributed by atoms with Crippen molar-refractivity contribution in [1.82, 2.24) is 4.90 Å². The third kappa shape index (κ3) is 1.68. The van der Waals surface area contributed by atoms with Crippen molar-refractivity contribution in [2.75, 3.05) is 13.2 Å². The van der Waals surface area contributed by atoms with E-state index in [1.807, 2.05) is 24.3 Å². The molecular formula is C20H23NO2. The number of carbonyl (C=O) groups is 1. The van der Waals surface area contributed by atoms with Crippen LogP contribution in [0.1, 0.15) is 38.7 Å². The van der Waals surface area contributed by atoms with E-state index in [1.165, 1.54) is 24.8 Å². The number of rotatable bonds is 1. The van der Waals surface area contributed by atoms with Crippen molar-refractivity contribution in [1.29, 1.82) is 0 Å². The maximum absolute atomic E-state index is 13.2. The molecule has 1 aromatic rings. The summed E-state index contributed by atoms with van der Waals surface area (Å²) >= 11 is 0. The molecule has 2 heterocycles. The molecule has 3 saturated carbocycles. The molecule has 3 nitrogen and oxygen atoms in total. The van der Waals surface area contributed by atoms with E-state index < -0.39 is 0 Å².